The van der Waals surface area contributed by atoms with E-state index in [1.54, 1.807) is 6.92 Å². The lowest BCUT2D eigenvalue weighted by Gasteiger charge is -2.12. The van der Waals surface area contributed by atoms with Crippen molar-refractivity contribution in [2.24, 2.45) is 5.73 Å². The average Bonchev–Trinajstić information content (AvgIpc) is 2.10. The number of hydrogen-bond acceptors (Lipinski definition) is 3. The zero-order valence-electron chi connectivity index (χ0n) is 8.42. The standard InChI is InChI=1S/C9H20N2O2/c1-3-4-5-8(10)9(13)11-6-7(2)12/h7-8,12H,3-6,10H2,1-2H3,(H,11,13). The van der Waals surface area contributed by atoms with E-state index in [2.05, 4.69) is 12.2 Å². The molecule has 0 heterocycles. The fourth-order valence-corrected chi connectivity index (χ4v) is 0.935. The van der Waals surface area contributed by atoms with Gasteiger partial charge in [0.15, 0.2) is 0 Å². The topological polar surface area (TPSA) is 75.4 Å². The van der Waals surface area contributed by atoms with E-state index < -0.39 is 12.1 Å². The Kier molecular flexibility index (Phi) is 6.54. The maximum Gasteiger partial charge on any atom is 0.237 e. The van der Waals surface area contributed by atoms with Crippen molar-refractivity contribution in [3.63, 3.8) is 0 Å². The molecule has 13 heavy (non-hydrogen) atoms. The van der Waals surface area contributed by atoms with Crippen LogP contribution in [0.4, 0.5) is 0 Å². The predicted molar refractivity (Wildman–Crippen MR) is 52.2 cm³/mol. The summed E-state index contributed by atoms with van der Waals surface area (Å²) >= 11 is 0. The number of aliphatic hydroxyl groups excluding tert-OH is 1. The minimum Gasteiger partial charge on any atom is -0.392 e. The molecule has 4 heteroatoms. The molecule has 0 aliphatic rings. The van der Waals surface area contributed by atoms with E-state index in [4.69, 9.17) is 10.8 Å². The van der Waals surface area contributed by atoms with Gasteiger partial charge in [-0.2, -0.15) is 0 Å². The van der Waals surface area contributed by atoms with Crippen molar-refractivity contribution in [3.8, 4) is 0 Å². The third kappa shape index (κ3) is 6.54. The van der Waals surface area contributed by atoms with E-state index in [1.165, 1.54) is 0 Å². The zero-order valence-corrected chi connectivity index (χ0v) is 8.42. The van der Waals surface area contributed by atoms with Crippen LogP contribution in [0.1, 0.15) is 33.1 Å². The van der Waals surface area contributed by atoms with Gasteiger partial charge in [0.05, 0.1) is 12.1 Å². The Hall–Kier alpha value is -0.610. The van der Waals surface area contributed by atoms with E-state index in [1.807, 2.05) is 0 Å². The van der Waals surface area contributed by atoms with Crippen LogP contribution >= 0.6 is 0 Å². The smallest absolute Gasteiger partial charge is 0.237 e. The van der Waals surface area contributed by atoms with Gasteiger partial charge in [0.2, 0.25) is 5.91 Å². The van der Waals surface area contributed by atoms with Crippen LogP contribution in [0, 0.1) is 0 Å². The van der Waals surface area contributed by atoms with E-state index in [9.17, 15) is 4.79 Å². The molecule has 0 aliphatic carbocycles. The second-order valence-corrected chi connectivity index (χ2v) is 3.34. The minimum atomic E-state index is -0.512. The van der Waals surface area contributed by atoms with Crippen molar-refractivity contribution in [3.05, 3.63) is 0 Å². The van der Waals surface area contributed by atoms with Gasteiger partial charge >= 0.3 is 0 Å². The molecule has 0 aliphatic heterocycles. The molecule has 4 nitrogen and oxygen atoms in total. The summed E-state index contributed by atoms with van der Waals surface area (Å²) < 4.78 is 0. The van der Waals surface area contributed by atoms with E-state index in [0.29, 0.717) is 6.42 Å². The van der Waals surface area contributed by atoms with Crippen LogP contribution in [0.5, 0.6) is 0 Å². The highest BCUT2D eigenvalue weighted by atomic mass is 16.3. The molecule has 2 atom stereocenters. The molecule has 0 rings (SSSR count). The fraction of sp³-hybridized carbons (Fsp3) is 0.889. The number of unbranched alkanes of at least 4 members (excludes halogenated alkanes) is 1. The highest BCUT2D eigenvalue weighted by Crippen LogP contribution is 1.97. The summed E-state index contributed by atoms with van der Waals surface area (Å²) in [5.41, 5.74) is 5.60. The number of carbonyl (C=O) groups is 1. The number of rotatable bonds is 6. The van der Waals surface area contributed by atoms with E-state index in [-0.39, 0.29) is 12.5 Å². The minimum absolute atomic E-state index is 0.172. The largest absolute Gasteiger partial charge is 0.392 e. The molecule has 0 radical (unpaired) electrons. The lowest BCUT2D eigenvalue weighted by atomic mass is 10.1. The van der Waals surface area contributed by atoms with Crippen molar-refractivity contribution in [2.45, 2.75) is 45.3 Å². The number of nitrogens with two attached hydrogens (primary N) is 1. The lowest BCUT2D eigenvalue weighted by molar-refractivity contribution is -0.122. The van der Waals surface area contributed by atoms with Gasteiger partial charge in [-0.25, -0.2) is 0 Å². The van der Waals surface area contributed by atoms with E-state index in [0.717, 1.165) is 12.8 Å². The Bertz CT molecular complexity index is 149. The highest BCUT2D eigenvalue weighted by molar-refractivity contribution is 5.81. The summed E-state index contributed by atoms with van der Waals surface area (Å²) in [5.74, 6) is -0.172. The molecule has 2 unspecified atom stereocenters. The summed E-state index contributed by atoms with van der Waals surface area (Å²) in [7, 11) is 0. The molecule has 0 saturated carbocycles. The molecule has 0 spiro atoms. The van der Waals surface area contributed by atoms with Crippen LogP contribution in [-0.4, -0.2) is 29.7 Å². The van der Waals surface area contributed by atoms with Gasteiger partial charge < -0.3 is 16.2 Å². The number of nitrogens with one attached hydrogen (secondary N) is 1. The Morgan fingerprint density at radius 2 is 2.23 bits per heavy atom. The van der Waals surface area contributed by atoms with Crippen LogP contribution in [-0.2, 0) is 4.79 Å². The van der Waals surface area contributed by atoms with Gasteiger partial charge in [0.1, 0.15) is 0 Å². The quantitative estimate of drug-likeness (QED) is 0.549. The molecule has 1 amide bonds. The Labute approximate surface area is 79.5 Å². The first kappa shape index (κ1) is 12.4. The van der Waals surface area contributed by atoms with Gasteiger partial charge in [0.25, 0.3) is 0 Å². The van der Waals surface area contributed by atoms with E-state index >= 15 is 0 Å². The van der Waals surface area contributed by atoms with Crippen molar-refractivity contribution in [2.75, 3.05) is 6.54 Å². The predicted octanol–water partition coefficient (Wildman–Crippen LogP) is 0.000900. The third-order valence-corrected chi connectivity index (χ3v) is 1.78. The molecular weight excluding hydrogens is 168 g/mol. The van der Waals surface area contributed by atoms with Gasteiger partial charge in [-0.1, -0.05) is 19.8 Å². The van der Waals surface area contributed by atoms with Crippen molar-refractivity contribution < 1.29 is 9.90 Å². The van der Waals surface area contributed by atoms with Gasteiger partial charge in [0, 0.05) is 6.54 Å². The zero-order chi connectivity index (χ0) is 10.3. The second-order valence-electron chi connectivity index (χ2n) is 3.34. The maximum atomic E-state index is 11.2. The highest BCUT2D eigenvalue weighted by Gasteiger charge is 2.12. The van der Waals surface area contributed by atoms with Crippen LogP contribution in [0.2, 0.25) is 0 Å². The summed E-state index contributed by atoms with van der Waals surface area (Å²) in [5, 5.41) is 11.5. The summed E-state index contributed by atoms with van der Waals surface area (Å²) in [6.07, 6.45) is 2.20. The average molecular weight is 188 g/mol. The number of carbonyl (C=O) groups excluding carboxylic acids is 1. The molecular formula is C9H20N2O2. The van der Waals surface area contributed by atoms with Crippen LogP contribution in [0.25, 0.3) is 0 Å². The first-order valence-electron chi connectivity index (χ1n) is 4.79. The molecule has 0 aromatic carbocycles. The number of amides is 1. The van der Waals surface area contributed by atoms with Crippen molar-refractivity contribution in [1.29, 1.82) is 0 Å². The Balaban J connectivity index is 3.57. The molecule has 4 N–H and O–H groups in total. The van der Waals surface area contributed by atoms with Crippen LogP contribution < -0.4 is 11.1 Å². The van der Waals surface area contributed by atoms with Gasteiger partial charge in [-0.15, -0.1) is 0 Å². The number of hydrogen-bond donors (Lipinski definition) is 3. The monoisotopic (exact) mass is 188 g/mol. The maximum absolute atomic E-state index is 11.2. The molecule has 0 fully saturated rings. The van der Waals surface area contributed by atoms with Gasteiger partial charge in [-0.05, 0) is 13.3 Å². The Morgan fingerprint density at radius 3 is 2.69 bits per heavy atom. The SMILES string of the molecule is CCCCC(N)C(=O)NCC(C)O. The van der Waals surface area contributed by atoms with Gasteiger partial charge in [-0.3, -0.25) is 4.79 Å². The molecule has 78 valence electrons. The van der Waals surface area contributed by atoms with Crippen LogP contribution in [0.15, 0.2) is 0 Å². The number of aliphatic hydroxyl groups is 1. The molecule has 0 aromatic heterocycles. The van der Waals surface area contributed by atoms with Crippen LogP contribution in [0.3, 0.4) is 0 Å². The first-order chi connectivity index (χ1) is 6.07. The lowest BCUT2D eigenvalue weighted by Crippen LogP contribution is -2.42. The molecule has 0 bridgehead atoms. The summed E-state index contributed by atoms with van der Waals surface area (Å²) in [4.78, 5) is 11.2. The summed E-state index contributed by atoms with van der Waals surface area (Å²) in [6, 6.07) is -0.432. The molecule has 0 saturated heterocycles. The molecule has 0 aromatic rings. The third-order valence-electron chi connectivity index (χ3n) is 1.78. The first-order valence-corrected chi connectivity index (χ1v) is 4.79. The summed E-state index contributed by atoms with van der Waals surface area (Å²) in [6.45, 7) is 3.96. The Morgan fingerprint density at radius 1 is 1.62 bits per heavy atom. The normalized spacial score (nSPS) is 15.1. The second kappa shape index (κ2) is 6.86. The fourth-order valence-electron chi connectivity index (χ4n) is 0.935. The van der Waals surface area contributed by atoms with Crippen molar-refractivity contribution >= 4 is 5.91 Å². The van der Waals surface area contributed by atoms with Crippen molar-refractivity contribution in [1.82, 2.24) is 5.32 Å².